The average Bonchev–Trinajstić information content (AvgIpc) is 2.82. The van der Waals surface area contributed by atoms with Crippen LogP contribution in [0.3, 0.4) is 0 Å². The van der Waals surface area contributed by atoms with Gasteiger partial charge in [0.05, 0.1) is 19.7 Å². The van der Waals surface area contributed by atoms with E-state index in [4.69, 9.17) is 19.4 Å². The summed E-state index contributed by atoms with van der Waals surface area (Å²) in [6, 6.07) is 15.1. The van der Waals surface area contributed by atoms with Gasteiger partial charge < -0.3 is 25.0 Å². The van der Waals surface area contributed by atoms with E-state index in [1.807, 2.05) is 49.3 Å². The minimum atomic E-state index is 0.385. The third-order valence-corrected chi connectivity index (χ3v) is 6.13. The molecule has 0 amide bonds. The van der Waals surface area contributed by atoms with Gasteiger partial charge in [-0.15, -0.1) is 0 Å². The highest BCUT2D eigenvalue weighted by Crippen LogP contribution is 2.31. The number of nitrogens with zero attached hydrogens (tertiary/aromatic N) is 3. The highest BCUT2D eigenvalue weighted by atomic mass is 16.5. The molecule has 1 fully saturated rings. The molecular weight excluding hydrogens is 402 g/mol. The van der Waals surface area contributed by atoms with Gasteiger partial charge in [-0.1, -0.05) is 24.3 Å². The molecule has 0 unspecified atom stereocenters. The lowest BCUT2D eigenvalue weighted by molar-refractivity contribution is 0.337. The number of fused-ring (bicyclic) bond motifs is 1. The molecule has 32 heavy (non-hydrogen) atoms. The molecule has 0 radical (unpaired) electrons. The smallest absolute Gasteiger partial charge is 0.225 e. The summed E-state index contributed by atoms with van der Waals surface area (Å²) < 4.78 is 11.0. The van der Waals surface area contributed by atoms with E-state index in [1.165, 1.54) is 0 Å². The molecule has 0 atom stereocenters. The topological polar surface area (TPSA) is 71.5 Å². The van der Waals surface area contributed by atoms with Crippen LogP contribution in [-0.4, -0.2) is 50.4 Å². The second-order valence-corrected chi connectivity index (χ2v) is 8.51. The van der Waals surface area contributed by atoms with Gasteiger partial charge in [0.2, 0.25) is 5.95 Å². The Morgan fingerprint density at radius 2 is 1.66 bits per heavy atom. The monoisotopic (exact) mass is 435 g/mol. The number of nitrogens with one attached hydrogen (secondary N) is 2. The van der Waals surface area contributed by atoms with Crippen molar-refractivity contribution in [3.63, 3.8) is 0 Å². The fraction of sp³-hybridized carbons (Fsp3) is 0.440. The van der Waals surface area contributed by atoms with E-state index in [1.54, 1.807) is 14.2 Å². The first-order chi connectivity index (χ1) is 15.6. The third kappa shape index (κ3) is 4.88. The molecular formula is C25H33N5O2. The zero-order valence-electron chi connectivity index (χ0n) is 19.4. The minimum absolute atomic E-state index is 0.385. The van der Waals surface area contributed by atoms with Gasteiger partial charge in [-0.25, -0.2) is 4.98 Å². The summed E-state index contributed by atoms with van der Waals surface area (Å²) in [6.45, 7) is 0.767. The lowest BCUT2D eigenvalue weighted by Gasteiger charge is -2.30. The van der Waals surface area contributed by atoms with Crippen molar-refractivity contribution in [3.05, 3.63) is 48.0 Å². The first kappa shape index (κ1) is 22.1. The van der Waals surface area contributed by atoms with Crippen molar-refractivity contribution in [1.82, 2.24) is 15.3 Å². The largest absolute Gasteiger partial charge is 0.493 e. The first-order valence-electron chi connectivity index (χ1n) is 11.2. The third-order valence-electron chi connectivity index (χ3n) is 6.13. The lowest BCUT2D eigenvalue weighted by atomic mass is 9.91. The second-order valence-electron chi connectivity index (χ2n) is 8.51. The Labute approximate surface area is 190 Å². The maximum absolute atomic E-state index is 5.56. The van der Waals surface area contributed by atoms with E-state index in [2.05, 4.69) is 22.8 Å². The van der Waals surface area contributed by atoms with E-state index in [-0.39, 0.29) is 0 Å². The number of methoxy groups -OCH3 is 2. The van der Waals surface area contributed by atoms with Crippen LogP contribution in [0.2, 0.25) is 0 Å². The van der Waals surface area contributed by atoms with Crippen LogP contribution in [0, 0.1) is 0 Å². The molecule has 2 N–H and O–H groups in total. The molecule has 0 saturated heterocycles. The van der Waals surface area contributed by atoms with Crippen molar-refractivity contribution < 1.29 is 9.47 Å². The zero-order valence-corrected chi connectivity index (χ0v) is 19.4. The van der Waals surface area contributed by atoms with E-state index < -0.39 is 0 Å². The molecule has 170 valence electrons. The normalized spacial score (nSPS) is 18.4. The fourth-order valence-corrected chi connectivity index (χ4v) is 4.44. The van der Waals surface area contributed by atoms with Crippen molar-refractivity contribution in [2.45, 2.75) is 44.3 Å². The molecule has 1 aromatic heterocycles. The zero-order chi connectivity index (χ0) is 22.5. The number of aromatic nitrogens is 2. The molecule has 7 heteroatoms. The van der Waals surface area contributed by atoms with E-state index >= 15 is 0 Å². The Kier molecular flexibility index (Phi) is 6.95. The van der Waals surface area contributed by atoms with Crippen LogP contribution in [0.5, 0.6) is 11.5 Å². The fourth-order valence-electron chi connectivity index (χ4n) is 4.44. The number of anilines is 2. The number of ether oxygens (including phenoxy) is 2. The van der Waals surface area contributed by atoms with Crippen LogP contribution < -0.4 is 25.0 Å². The van der Waals surface area contributed by atoms with Crippen molar-refractivity contribution in [2.24, 2.45) is 0 Å². The van der Waals surface area contributed by atoms with Gasteiger partial charge in [0.25, 0.3) is 0 Å². The quantitative estimate of drug-likeness (QED) is 0.549. The van der Waals surface area contributed by atoms with Crippen LogP contribution in [0.4, 0.5) is 11.8 Å². The minimum Gasteiger partial charge on any atom is -0.493 e. The Hall–Kier alpha value is -3.06. The summed E-state index contributed by atoms with van der Waals surface area (Å²) >= 11 is 0. The molecule has 0 spiro atoms. The second kappa shape index (κ2) is 10.0. The maximum atomic E-state index is 5.56. The van der Waals surface area contributed by atoms with Gasteiger partial charge >= 0.3 is 0 Å². The summed E-state index contributed by atoms with van der Waals surface area (Å²) in [4.78, 5) is 11.6. The van der Waals surface area contributed by atoms with Crippen molar-refractivity contribution in [3.8, 4) is 11.5 Å². The van der Waals surface area contributed by atoms with E-state index in [0.29, 0.717) is 18.0 Å². The average molecular weight is 436 g/mol. The van der Waals surface area contributed by atoms with Crippen LogP contribution in [0.25, 0.3) is 10.9 Å². The molecule has 3 aromatic rings. The Morgan fingerprint density at radius 1 is 0.906 bits per heavy atom. The standard InChI is InChI=1S/C25H33N5O2/c1-30(2)24-20-9-5-6-10-21(20)28-25(29-24)27-19-14-12-18(13-15-19)26-16-17-8-7-11-22(31-3)23(17)32-4/h5-11,18-19,26H,12-16H2,1-4H3,(H,27,28,29). The number of hydrogen-bond acceptors (Lipinski definition) is 7. The van der Waals surface area contributed by atoms with E-state index in [9.17, 15) is 0 Å². The van der Waals surface area contributed by atoms with Crippen LogP contribution >= 0.6 is 0 Å². The summed E-state index contributed by atoms with van der Waals surface area (Å²) in [6.07, 6.45) is 4.39. The molecule has 4 rings (SSSR count). The summed E-state index contributed by atoms with van der Waals surface area (Å²) in [5, 5.41) is 8.35. The van der Waals surface area contributed by atoms with Gasteiger partial charge in [0, 0.05) is 43.7 Å². The van der Waals surface area contributed by atoms with Crippen LogP contribution in [-0.2, 0) is 6.54 Å². The molecule has 7 nitrogen and oxygen atoms in total. The predicted molar refractivity (Wildman–Crippen MR) is 130 cm³/mol. The molecule has 0 bridgehead atoms. The SMILES string of the molecule is COc1cccc(CNC2CCC(Nc3nc(N(C)C)c4ccccc4n3)CC2)c1OC. The van der Waals surface area contributed by atoms with Crippen molar-refractivity contribution in [2.75, 3.05) is 38.5 Å². The summed E-state index contributed by atoms with van der Waals surface area (Å²) in [5.74, 6) is 3.24. The van der Waals surface area contributed by atoms with Gasteiger partial charge in [-0.3, -0.25) is 0 Å². The van der Waals surface area contributed by atoms with Gasteiger partial charge in [0.1, 0.15) is 5.82 Å². The van der Waals surface area contributed by atoms with Gasteiger partial charge in [0.15, 0.2) is 11.5 Å². The molecule has 1 aliphatic rings. The highest BCUT2D eigenvalue weighted by molar-refractivity contribution is 5.90. The van der Waals surface area contributed by atoms with Gasteiger partial charge in [-0.2, -0.15) is 4.98 Å². The molecule has 1 heterocycles. The Morgan fingerprint density at radius 3 is 2.38 bits per heavy atom. The number of hydrogen-bond donors (Lipinski definition) is 2. The Balaban J connectivity index is 1.35. The lowest BCUT2D eigenvalue weighted by Crippen LogP contribution is -2.37. The van der Waals surface area contributed by atoms with Crippen molar-refractivity contribution >= 4 is 22.7 Å². The predicted octanol–water partition coefficient (Wildman–Crippen LogP) is 4.23. The van der Waals surface area contributed by atoms with Crippen LogP contribution in [0.15, 0.2) is 42.5 Å². The molecule has 2 aromatic carbocycles. The highest BCUT2D eigenvalue weighted by Gasteiger charge is 2.22. The van der Waals surface area contributed by atoms with Gasteiger partial charge in [-0.05, 0) is 43.9 Å². The number of para-hydroxylation sites is 2. The maximum Gasteiger partial charge on any atom is 0.225 e. The van der Waals surface area contributed by atoms with E-state index in [0.717, 1.165) is 66.0 Å². The molecule has 1 aliphatic carbocycles. The first-order valence-corrected chi connectivity index (χ1v) is 11.2. The molecule has 0 aliphatic heterocycles. The summed E-state index contributed by atoms with van der Waals surface area (Å²) in [7, 11) is 7.40. The van der Waals surface area contributed by atoms with Crippen LogP contribution in [0.1, 0.15) is 31.2 Å². The molecule has 1 saturated carbocycles. The number of benzene rings is 2. The Bertz CT molecular complexity index is 1050. The number of rotatable bonds is 8. The van der Waals surface area contributed by atoms with Crippen molar-refractivity contribution in [1.29, 1.82) is 0 Å². The summed E-state index contributed by atoms with van der Waals surface area (Å²) in [5.41, 5.74) is 2.09.